The van der Waals surface area contributed by atoms with Crippen LogP contribution in [0.1, 0.15) is 65.7 Å². The van der Waals surface area contributed by atoms with E-state index in [0.29, 0.717) is 48.3 Å². The van der Waals surface area contributed by atoms with E-state index in [0.717, 1.165) is 23.1 Å². The van der Waals surface area contributed by atoms with Crippen LogP contribution in [-0.4, -0.2) is 95.7 Å². The van der Waals surface area contributed by atoms with Crippen molar-refractivity contribution in [2.24, 2.45) is 0 Å². The van der Waals surface area contributed by atoms with E-state index in [-0.39, 0.29) is 80.2 Å². The minimum Gasteiger partial charge on any atom is -0.497 e. The molecule has 392 valence electrons. The first kappa shape index (κ1) is 51.2. The summed E-state index contributed by atoms with van der Waals surface area (Å²) in [6.07, 6.45) is -1.24. The molecule has 7 aromatic rings. The molecule has 2 saturated heterocycles. The Labute approximate surface area is 435 Å². The zero-order chi connectivity index (χ0) is 52.6. The highest BCUT2D eigenvalue weighted by Crippen LogP contribution is 2.52. The minimum absolute atomic E-state index is 0.00185. The molecule has 20 heteroatoms. The van der Waals surface area contributed by atoms with E-state index < -0.39 is 57.1 Å². The second-order valence-corrected chi connectivity index (χ2v) is 19.4. The number of aryl methyl sites for hydroxylation is 1. The van der Waals surface area contributed by atoms with Crippen molar-refractivity contribution >= 4 is 40.0 Å². The number of nitrogens with one attached hydrogen (secondary N) is 1. The number of ether oxygens (including phenoxy) is 5. The van der Waals surface area contributed by atoms with Crippen LogP contribution in [0.15, 0.2) is 91.3 Å². The summed E-state index contributed by atoms with van der Waals surface area (Å²) in [7, 11) is 4.70. The minimum atomic E-state index is -5.03. The molecule has 3 aromatic heterocycles. The molecule has 4 aromatic carbocycles. The van der Waals surface area contributed by atoms with E-state index in [1.165, 1.54) is 13.0 Å². The van der Waals surface area contributed by atoms with Crippen LogP contribution in [0.5, 0.6) is 29.0 Å². The monoisotopic (exact) mass is 1050 g/mol. The fraction of sp³-hybridized carbons (Fsp3) is 0.364. The summed E-state index contributed by atoms with van der Waals surface area (Å²) in [4.78, 5) is 29.3. The van der Waals surface area contributed by atoms with Gasteiger partial charge in [-0.05, 0) is 98.0 Å². The van der Waals surface area contributed by atoms with Crippen LogP contribution < -0.4 is 38.8 Å². The van der Waals surface area contributed by atoms with Gasteiger partial charge in [0.15, 0.2) is 11.6 Å². The number of hydrogen-bond donors (Lipinski definition) is 1. The molecular formula is C55H55ClF5N9O5. The van der Waals surface area contributed by atoms with Gasteiger partial charge in [0.1, 0.15) is 65.3 Å². The zero-order valence-corrected chi connectivity index (χ0v) is 42.7. The lowest BCUT2D eigenvalue weighted by molar-refractivity contribution is -0.137. The molecule has 0 spiro atoms. The van der Waals surface area contributed by atoms with Gasteiger partial charge in [-0.25, -0.2) is 18.7 Å². The molecule has 0 saturated carbocycles. The summed E-state index contributed by atoms with van der Waals surface area (Å²) in [6, 6.07) is 22.5. The highest BCUT2D eigenvalue weighted by Gasteiger charge is 2.50. The molecule has 0 aliphatic carbocycles. The standard InChI is InChI=1S/C55H55ClF5N9O5/c1-32-25-41(68(28-35-9-15-39(72-4)16-10-35)29-36-11-17-40(73-5)18-12-36)65-48(44(32)55(59,60)61)42-45(56)50-43-49(46(42)58)66-53(75-31-54-19-6-22-69(54)30-37(57)26-54)67-52(43)70(23-24-74-50)33(2)47-51(63-21-20-62-47)64-27-34-7-13-38(71-3)14-8-34/h7-18,20-21,25,33,37H,6,19,22-24,26-31H2,1-5H3,(H,63,64)/t33-,37+,54-/m0/s1. The van der Waals surface area contributed by atoms with Crippen LogP contribution in [0.25, 0.3) is 22.2 Å². The maximum atomic E-state index is 18.3. The first-order valence-electron chi connectivity index (χ1n) is 24.6. The van der Waals surface area contributed by atoms with Gasteiger partial charge in [0.05, 0.1) is 66.7 Å². The Morgan fingerprint density at radius 3 is 2.12 bits per heavy atom. The summed E-state index contributed by atoms with van der Waals surface area (Å²) in [5, 5.41) is 2.93. The van der Waals surface area contributed by atoms with E-state index in [9.17, 15) is 0 Å². The Kier molecular flexibility index (Phi) is 14.5. The van der Waals surface area contributed by atoms with Crippen molar-refractivity contribution in [3.05, 3.63) is 136 Å². The number of alkyl halides is 4. The molecule has 3 aliphatic heterocycles. The molecule has 1 N–H and O–H groups in total. The Hall–Kier alpha value is -7.25. The Balaban J connectivity index is 1.12. The number of fused-ring (bicyclic) bond motifs is 1. The topological polar surface area (TPSA) is 132 Å². The summed E-state index contributed by atoms with van der Waals surface area (Å²) in [5.41, 5.74) is -0.859. The largest absolute Gasteiger partial charge is 0.497 e. The molecule has 0 unspecified atom stereocenters. The zero-order valence-electron chi connectivity index (χ0n) is 42.0. The van der Waals surface area contributed by atoms with E-state index in [1.807, 2.05) is 60.4 Å². The molecular weight excluding hydrogens is 997 g/mol. The van der Waals surface area contributed by atoms with Gasteiger partial charge in [-0.3, -0.25) is 9.88 Å². The number of benzene rings is 4. The summed E-state index contributed by atoms with van der Waals surface area (Å²) in [5.74, 6) is 1.31. The quantitative estimate of drug-likeness (QED) is 0.0868. The van der Waals surface area contributed by atoms with Crippen LogP contribution in [0, 0.1) is 12.7 Å². The van der Waals surface area contributed by atoms with Crippen LogP contribution in [0.2, 0.25) is 5.02 Å². The molecule has 75 heavy (non-hydrogen) atoms. The molecule has 10 rings (SSSR count). The summed E-state index contributed by atoms with van der Waals surface area (Å²) < 4.78 is 109. The van der Waals surface area contributed by atoms with Gasteiger partial charge < -0.3 is 38.8 Å². The first-order valence-corrected chi connectivity index (χ1v) is 25.0. The first-order chi connectivity index (χ1) is 36.2. The number of anilines is 3. The molecule has 3 aliphatic rings. The number of hydrogen-bond acceptors (Lipinski definition) is 14. The van der Waals surface area contributed by atoms with Gasteiger partial charge in [-0.2, -0.15) is 23.1 Å². The third kappa shape index (κ3) is 10.3. The lowest BCUT2D eigenvalue weighted by atomic mass is 9.95. The van der Waals surface area contributed by atoms with E-state index in [2.05, 4.69) is 20.2 Å². The van der Waals surface area contributed by atoms with Crippen molar-refractivity contribution in [3.8, 4) is 40.3 Å². The predicted molar refractivity (Wildman–Crippen MR) is 276 cm³/mol. The smallest absolute Gasteiger partial charge is 0.418 e. The molecule has 6 heterocycles. The number of nitrogens with zero attached hydrogens (tertiary/aromatic N) is 8. The van der Waals surface area contributed by atoms with Gasteiger partial charge in [0.25, 0.3) is 0 Å². The number of halogens is 6. The van der Waals surface area contributed by atoms with Crippen LogP contribution in [-0.2, 0) is 25.8 Å². The Morgan fingerprint density at radius 1 is 0.867 bits per heavy atom. The van der Waals surface area contributed by atoms with Gasteiger partial charge >= 0.3 is 12.2 Å². The fourth-order valence-corrected chi connectivity index (χ4v) is 10.9. The van der Waals surface area contributed by atoms with Crippen molar-refractivity contribution < 1.29 is 45.6 Å². The normalized spacial score (nSPS) is 17.8. The van der Waals surface area contributed by atoms with Crippen molar-refractivity contribution in [1.29, 1.82) is 0 Å². The van der Waals surface area contributed by atoms with E-state index in [1.54, 1.807) is 62.9 Å². The van der Waals surface area contributed by atoms with Gasteiger partial charge in [0.2, 0.25) is 0 Å². The van der Waals surface area contributed by atoms with Gasteiger partial charge in [-0.1, -0.05) is 48.0 Å². The van der Waals surface area contributed by atoms with Crippen molar-refractivity contribution in [1.82, 2.24) is 29.8 Å². The average Bonchev–Trinajstić information content (AvgIpc) is 3.88. The molecule has 2 fully saturated rings. The van der Waals surface area contributed by atoms with Crippen molar-refractivity contribution in [3.63, 3.8) is 0 Å². The third-order valence-electron chi connectivity index (χ3n) is 14.3. The predicted octanol–water partition coefficient (Wildman–Crippen LogP) is 11.4. The molecule has 0 amide bonds. The summed E-state index contributed by atoms with van der Waals surface area (Å²) in [6.45, 7) is 4.94. The molecule has 0 radical (unpaired) electrons. The summed E-state index contributed by atoms with van der Waals surface area (Å²) >= 11 is 7.28. The number of aromatic nitrogens is 5. The highest BCUT2D eigenvalue weighted by atomic mass is 35.5. The second-order valence-electron chi connectivity index (χ2n) is 19.0. The van der Waals surface area contributed by atoms with Crippen LogP contribution in [0.4, 0.5) is 39.4 Å². The van der Waals surface area contributed by atoms with Crippen LogP contribution in [0.3, 0.4) is 0 Å². The van der Waals surface area contributed by atoms with Gasteiger partial charge in [0, 0.05) is 45.0 Å². The number of methoxy groups -OCH3 is 3. The maximum absolute atomic E-state index is 18.3. The second kappa shape index (κ2) is 21.2. The Bertz CT molecular complexity index is 3140. The fourth-order valence-electron chi connectivity index (χ4n) is 10.6. The SMILES string of the molecule is COc1ccc(CNc2nccnc2[C@H](C)N2CCOc3c(Cl)c(-c4nc(N(Cc5ccc(OC)cc5)Cc5ccc(OC)cc5)cc(C)c4C(F)(F)F)c(F)c4nc(OC[C@@]56CCCN5C[C@H](F)C6)nc2c34)cc1. The van der Waals surface area contributed by atoms with Crippen molar-refractivity contribution in [2.45, 2.75) is 76.7 Å². The lowest BCUT2D eigenvalue weighted by Crippen LogP contribution is -2.43. The van der Waals surface area contributed by atoms with E-state index in [4.69, 9.17) is 50.2 Å². The molecule has 14 nitrogen and oxygen atoms in total. The molecule has 3 atom stereocenters. The van der Waals surface area contributed by atoms with Crippen molar-refractivity contribution in [2.75, 3.05) is 69.3 Å². The molecule has 0 bridgehead atoms. The average molecular weight is 1050 g/mol. The number of pyridine rings is 1. The van der Waals surface area contributed by atoms with Crippen LogP contribution >= 0.6 is 11.6 Å². The third-order valence-corrected chi connectivity index (χ3v) is 14.7. The Morgan fingerprint density at radius 2 is 1.49 bits per heavy atom. The highest BCUT2D eigenvalue weighted by molar-refractivity contribution is 6.36. The van der Waals surface area contributed by atoms with Gasteiger partial charge in [-0.15, -0.1) is 0 Å². The number of rotatable bonds is 17. The lowest BCUT2D eigenvalue weighted by Gasteiger charge is -2.32. The maximum Gasteiger partial charge on any atom is 0.418 e. The van der Waals surface area contributed by atoms with E-state index >= 15 is 22.0 Å².